The van der Waals surface area contributed by atoms with Crippen LogP contribution in [-0.2, 0) is 16.0 Å². The highest BCUT2D eigenvalue weighted by Gasteiger charge is 2.22. The zero-order valence-electron chi connectivity index (χ0n) is 11.4. The molecule has 3 nitrogen and oxygen atoms in total. The Bertz CT molecular complexity index is 354. The van der Waals surface area contributed by atoms with Gasteiger partial charge in [-0.05, 0) is 41.7 Å². The van der Waals surface area contributed by atoms with E-state index in [2.05, 4.69) is 21.7 Å². The summed E-state index contributed by atoms with van der Waals surface area (Å²) in [6, 6.07) is 2.23. The van der Waals surface area contributed by atoms with Crippen molar-refractivity contribution >= 4 is 11.3 Å². The Kier molecular flexibility index (Phi) is 4.88. The van der Waals surface area contributed by atoms with Crippen LogP contribution in [0.25, 0.3) is 0 Å². The molecule has 3 rings (SSSR count). The summed E-state index contributed by atoms with van der Waals surface area (Å²) < 4.78 is 11.4. The van der Waals surface area contributed by atoms with Crippen molar-refractivity contribution in [3.8, 4) is 0 Å². The van der Waals surface area contributed by atoms with Crippen molar-refractivity contribution in [3.63, 3.8) is 0 Å². The van der Waals surface area contributed by atoms with Crippen molar-refractivity contribution in [2.24, 2.45) is 5.92 Å². The molecule has 2 saturated heterocycles. The van der Waals surface area contributed by atoms with Crippen LogP contribution in [0.1, 0.15) is 24.8 Å². The van der Waals surface area contributed by atoms with E-state index in [0.29, 0.717) is 12.0 Å². The summed E-state index contributed by atoms with van der Waals surface area (Å²) in [4.78, 5) is 2.54. The standard InChI is InChI=1S/C15H23NO2S/c1-5-16(9-13-4-8-19-12-13)6-2-15(1)18-11-14-3-7-17-10-14/h4,8,12,14-15H,1-3,5-7,9-11H2/t14-/m1/s1. The minimum atomic E-state index is 0.472. The Morgan fingerprint density at radius 2 is 2.21 bits per heavy atom. The van der Waals surface area contributed by atoms with Crippen molar-refractivity contribution in [2.75, 3.05) is 32.9 Å². The van der Waals surface area contributed by atoms with Gasteiger partial charge >= 0.3 is 0 Å². The Morgan fingerprint density at radius 3 is 2.89 bits per heavy atom. The third-order valence-electron chi connectivity index (χ3n) is 4.11. The van der Waals surface area contributed by atoms with Crippen LogP contribution in [0.3, 0.4) is 0 Å². The molecule has 0 aliphatic carbocycles. The number of thiophene rings is 1. The van der Waals surface area contributed by atoms with Crippen LogP contribution >= 0.6 is 11.3 Å². The van der Waals surface area contributed by atoms with Gasteiger partial charge in [0.15, 0.2) is 0 Å². The van der Waals surface area contributed by atoms with E-state index in [1.165, 1.54) is 37.9 Å². The molecule has 2 fully saturated rings. The van der Waals surface area contributed by atoms with Gasteiger partial charge in [-0.2, -0.15) is 11.3 Å². The molecule has 19 heavy (non-hydrogen) atoms. The van der Waals surface area contributed by atoms with Crippen molar-refractivity contribution in [2.45, 2.75) is 31.9 Å². The molecular formula is C15H23NO2S. The first-order valence-corrected chi connectivity index (χ1v) is 8.27. The number of hydrogen-bond acceptors (Lipinski definition) is 4. The van der Waals surface area contributed by atoms with E-state index in [1.807, 2.05) is 0 Å². The average Bonchev–Trinajstić information content (AvgIpc) is 3.11. The lowest BCUT2D eigenvalue weighted by Crippen LogP contribution is -2.37. The SMILES string of the molecule is c1cc(CN2CCC(OC[C@@H]3CCOC3)CC2)cs1. The molecule has 1 atom stereocenters. The molecule has 0 saturated carbocycles. The van der Waals surface area contributed by atoms with Crippen LogP contribution < -0.4 is 0 Å². The zero-order valence-corrected chi connectivity index (χ0v) is 12.2. The van der Waals surface area contributed by atoms with E-state index < -0.39 is 0 Å². The smallest absolute Gasteiger partial charge is 0.0599 e. The lowest BCUT2D eigenvalue weighted by Gasteiger charge is -2.32. The fourth-order valence-electron chi connectivity index (χ4n) is 2.86. The van der Waals surface area contributed by atoms with Gasteiger partial charge in [0.25, 0.3) is 0 Å². The number of ether oxygens (including phenoxy) is 2. The van der Waals surface area contributed by atoms with Crippen molar-refractivity contribution in [1.29, 1.82) is 0 Å². The zero-order chi connectivity index (χ0) is 12.9. The Labute approximate surface area is 119 Å². The number of likely N-dealkylation sites (tertiary alicyclic amines) is 1. The van der Waals surface area contributed by atoms with Gasteiger partial charge in [0.05, 0.1) is 19.3 Å². The van der Waals surface area contributed by atoms with Gasteiger partial charge in [0.2, 0.25) is 0 Å². The quantitative estimate of drug-likeness (QED) is 0.828. The Morgan fingerprint density at radius 1 is 1.32 bits per heavy atom. The maximum Gasteiger partial charge on any atom is 0.0599 e. The monoisotopic (exact) mass is 281 g/mol. The summed E-state index contributed by atoms with van der Waals surface area (Å²) in [6.45, 7) is 6.16. The average molecular weight is 281 g/mol. The summed E-state index contributed by atoms with van der Waals surface area (Å²) in [5.74, 6) is 0.642. The summed E-state index contributed by atoms with van der Waals surface area (Å²) >= 11 is 1.79. The fourth-order valence-corrected chi connectivity index (χ4v) is 3.52. The maximum absolute atomic E-state index is 6.05. The molecule has 1 aromatic heterocycles. The van der Waals surface area contributed by atoms with Gasteiger partial charge in [-0.15, -0.1) is 0 Å². The predicted molar refractivity (Wildman–Crippen MR) is 77.5 cm³/mol. The summed E-state index contributed by atoms with van der Waals surface area (Å²) in [5.41, 5.74) is 1.45. The molecule has 0 radical (unpaired) electrons. The van der Waals surface area contributed by atoms with Gasteiger partial charge in [0.1, 0.15) is 0 Å². The van der Waals surface area contributed by atoms with Crippen molar-refractivity contribution < 1.29 is 9.47 Å². The minimum absolute atomic E-state index is 0.472. The lowest BCUT2D eigenvalue weighted by molar-refractivity contribution is -0.0116. The fraction of sp³-hybridized carbons (Fsp3) is 0.733. The first-order valence-electron chi connectivity index (χ1n) is 7.33. The predicted octanol–water partition coefficient (Wildman–Crippen LogP) is 2.77. The van der Waals surface area contributed by atoms with E-state index in [0.717, 1.165) is 26.4 Å². The molecule has 1 aromatic rings. The second-order valence-electron chi connectivity index (χ2n) is 5.67. The van der Waals surface area contributed by atoms with Crippen molar-refractivity contribution in [1.82, 2.24) is 4.90 Å². The third-order valence-corrected chi connectivity index (χ3v) is 4.84. The molecule has 0 spiro atoms. The summed E-state index contributed by atoms with van der Waals surface area (Å²) in [5, 5.41) is 4.41. The van der Waals surface area contributed by atoms with Gasteiger partial charge < -0.3 is 9.47 Å². The van der Waals surface area contributed by atoms with E-state index in [4.69, 9.17) is 9.47 Å². The van der Waals surface area contributed by atoms with Crippen LogP contribution in [0.2, 0.25) is 0 Å². The van der Waals surface area contributed by atoms with Crippen LogP contribution in [0.15, 0.2) is 16.8 Å². The van der Waals surface area contributed by atoms with Crippen molar-refractivity contribution in [3.05, 3.63) is 22.4 Å². The highest BCUT2D eigenvalue weighted by atomic mass is 32.1. The molecule has 3 heterocycles. The molecule has 106 valence electrons. The minimum Gasteiger partial charge on any atom is -0.381 e. The maximum atomic E-state index is 6.05. The van der Waals surface area contributed by atoms with Gasteiger partial charge in [-0.1, -0.05) is 0 Å². The van der Waals surface area contributed by atoms with Crippen LogP contribution in [-0.4, -0.2) is 43.9 Å². The lowest BCUT2D eigenvalue weighted by atomic mass is 10.1. The van der Waals surface area contributed by atoms with E-state index >= 15 is 0 Å². The number of nitrogens with zero attached hydrogens (tertiary/aromatic N) is 1. The van der Waals surface area contributed by atoms with Crippen LogP contribution in [0.5, 0.6) is 0 Å². The number of rotatable bonds is 5. The molecule has 0 unspecified atom stereocenters. The molecule has 2 aliphatic heterocycles. The molecular weight excluding hydrogens is 258 g/mol. The third kappa shape index (κ3) is 4.02. The highest BCUT2D eigenvalue weighted by molar-refractivity contribution is 7.07. The van der Waals surface area contributed by atoms with Crippen LogP contribution in [0, 0.1) is 5.92 Å². The van der Waals surface area contributed by atoms with E-state index in [1.54, 1.807) is 11.3 Å². The first kappa shape index (κ1) is 13.6. The largest absolute Gasteiger partial charge is 0.381 e. The molecule has 0 amide bonds. The number of piperidine rings is 1. The number of hydrogen-bond donors (Lipinski definition) is 0. The molecule has 4 heteroatoms. The second-order valence-corrected chi connectivity index (χ2v) is 6.45. The molecule has 0 N–H and O–H groups in total. The molecule has 2 aliphatic rings. The van der Waals surface area contributed by atoms with Crippen LogP contribution in [0.4, 0.5) is 0 Å². The van der Waals surface area contributed by atoms with E-state index in [9.17, 15) is 0 Å². The van der Waals surface area contributed by atoms with E-state index in [-0.39, 0.29) is 0 Å². The summed E-state index contributed by atoms with van der Waals surface area (Å²) in [7, 11) is 0. The highest BCUT2D eigenvalue weighted by Crippen LogP contribution is 2.20. The van der Waals surface area contributed by atoms with Gasteiger partial charge in [-0.25, -0.2) is 0 Å². The van der Waals surface area contributed by atoms with Gasteiger partial charge in [-0.3, -0.25) is 4.90 Å². The normalized spacial score (nSPS) is 26.0. The second kappa shape index (κ2) is 6.84. The Hall–Kier alpha value is -0.420. The topological polar surface area (TPSA) is 21.7 Å². The molecule has 0 aromatic carbocycles. The Balaban J connectivity index is 1.34. The molecule has 0 bridgehead atoms. The summed E-state index contributed by atoms with van der Waals surface area (Å²) in [6.07, 6.45) is 4.01. The first-order chi connectivity index (χ1) is 9.40. The van der Waals surface area contributed by atoms with Gasteiger partial charge in [0, 0.05) is 32.2 Å².